The van der Waals surface area contributed by atoms with E-state index in [2.05, 4.69) is 4.90 Å². The molecule has 0 spiro atoms. The van der Waals surface area contributed by atoms with Gasteiger partial charge in [0.2, 0.25) is 0 Å². The van der Waals surface area contributed by atoms with Crippen LogP contribution in [0.3, 0.4) is 0 Å². The van der Waals surface area contributed by atoms with Crippen LogP contribution in [0.2, 0.25) is 5.02 Å². The van der Waals surface area contributed by atoms with Crippen LogP contribution in [0, 0.1) is 0 Å². The van der Waals surface area contributed by atoms with E-state index in [0.29, 0.717) is 55.3 Å². The maximum atomic E-state index is 12.5. The molecule has 128 valence electrons. The van der Waals surface area contributed by atoms with Gasteiger partial charge in [0, 0.05) is 30.7 Å². The van der Waals surface area contributed by atoms with Gasteiger partial charge in [0.05, 0.1) is 19.8 Å². The van der Waals surface area contributed by atoms with Crippen LogP contribution in [0.1, 0.15) is 17.4 Å². The first-order chi connectivity index (χ1) is 11.6. The molecule has 1 aliphatic rings. The quantitative estimate of drug-likeness (QED) is 0.794. The Labute approximate surface area is 145 Å². The Hall–Kier alpha value is -2.05. The first-order valence-corrected chi connectivity index (χ1v) is 8.32. The summed E-state index contributed by atoms with van der Waals surface area (Å²) in [6, 6.07) is 7.40. The maximum Gasteiger partial charge on any atom is 0.358 e. The highest BCUT2D eigenvalue weighted by Crippen LogP contribution is 2.29. The average molecular weight is 350 g/mol. The lowest BCUT2D eigenvalue weighted by atomic mass is 10.2. The van der Waals surface area contributed by atoms with Crippen molar-refractivity contribution in [3.63, 3.8) is 0 Å². The largest absolute Gasteiger partial charge is 0.461 e. The van der Waals surface area contributed by atoms with Crippen LogP contribution >= 0.6 is 11.6 Å². The zero-order valence-electron chi connectivity index (χ0n) is 13.8. The Balaban J connectivity index is 2.07. The number of morpholine rings is 1. The summed E-state index contributed by atoms with van der Waals surface area (Å²) in [6.07, 6.45) is 0. The molecule has 0 unspecified atom stereocenters. The first kappa shape index (κ1) is 16.8. The Morgan fingerprint density at radius 1 is 1.29 bits per heavy atom. The lowest BCUT2D eigenvalue weighted by Crippen LogP contribution is -2.37. The number of nitrogens with zero attached hydrogens (tertiary/aromatic N) is 3. The van der Waals surface area contributed by atoms with Crippen molar-refractivity contribution in [2.45, 2.75) is 6.92 Å². The molecule has 24 heavy (non-hydrogen) atoms. The lowest BCUT2D eigenvalue weighted by molar-refractivity contribution is 0.0515. The number of carbonyl (C=O) groups is 1. The van der Waals surface area contributed by atoms with Crippen molar-refractivity contribution in [3.05, 3.63) is 35.0 Å². The van der Waals surface area contributed by atoms with E-state index in [1.807, 2.05) is 31.3 Å². The topological polar surface area (TPSA) is 56.6 Å². The molecule has 0 aliphatic carbocycles. The number of ether oxygens (including phenoxy) is 2. The summed E-state index contributed by atoms with van der Waals surface area (Å²) in [5, 5.41) is 0.659. The van der Waals surface area contributed by atoms with Gasteiger partial charge in [-0.1, -0.05) is 11.6 Å². The van der Waals surface area contributed by atoms with Crippen molar-refractivity contribution in [2.24, 2.45) is 7.05 Å². The van der Waals surface area contributed by atoms with Gasteiger partial charge in [-0.05, 0) is 31.2 Å². The van der Waals surface area contributed by atoms with Gasteiger partial charge in [-0.2, -0.15) is 0 Å². The van der Waals surface area contributed by atoms with Gasteiger partial charge in [0.1, 0.15) is 5.82 Å². The van der Waals surface area contributed by atoms with Crippen molar-refractivity contribution < 1.29 is 14.3 Å². The number of esters is 1. The van der Waals surface area contributed by atoms with Gasteiger partial charge in [0.25, 0.3) is 0 Å². The fraction of sp³-hybridized carbons (Fsp3) is 0.412. The van der Waals surface area contributed by atoms with Gasteiger partial charge in [-0.25, -0.2) is 9.78 Å². The van der Waals surface area contributed by atoms with Gasteiger partial charge in [-0.3, -0.25) is 0 Å². The second-order valence-corrected chi connectivity index (χ2v) is 5.93. The maximum absolute atomic E-state index is 12.5. The fourth-order valence-corrected chi connectivity index (χ4v) is 2.89. The average Bonchev–Trinajstić information content (AvgIpc) is 2.94. The molecule has 2 heterocycles. The first-order valence-electron chi connectivity index (χ1n) is 7.94. The van der Waals surface area contributed by atoms with E-state index >= 15 is 0 Å². The number of rotatable bonds is 4. The molecular formula is C17H20ClN3O3. The van der Waals surface area contributed by atoms with Gasteiger partial charge < -0.3 is 18.9 Å². The van der Waals surface area contributed by atoms with Crippen LogP contribution in [0.5, 0.6) is 0 Å². The van der Waals surface area contributed by atoms with Crippen LogP contribution in [0.25, 0.3) is 11.4 Å². The molecule has 7 heteroatoms. The van der Waals surface area contributed by atoms with Crippen LogP contribution in [0.4, 0.5) is 5.82 Å². The normalized spacial score (nSPS) is 14.7. The third-order valence-electron chi connectivity index (χ3n) is 3.96. The molecule has 0 saturated carbocycles. The Morgan fingerprint density at radius 3 is 2.58 bits per heavy atom. The number of carbonyl (C=O) groups excluding carboxylic acids is 1. The van der Waals surface area contributed by atoms with Crippen molar-refractivity contribution in [2.75, 3.05) is 37.8 Å². The molecule has 1 aromatic heterocycles. The molecule has 1 aromatic carbocycles. The summed E-state index contributed by atoms with van der Waals surface area (Å²) in [4.78, 5) is 19.3. The van der Waals surface area contributed by atoms with Crippen molar-refractivity contribution in [3.8, 4) is 11.4 Å². The van der Waals surface area contributed by atoms with Crippen LogP contribution in [-0.4, -0.2) is 48.4 Å². The minimum absolute atomic E-state index is 0.322. The third-order valence-corrected chi connectivity index (χ3v) is 4.21. The number of hydrogen-bond acceptors (Lipinski definition) is 5. The monoisotopic (exact) mass is 349 g/mol. The fourth-order valence-electron chi connectivity index (χ4n) is 2.76. The van der Waals surface area contributed by atoms with E-state index in [1.165, 1.54) is 0 Å². The smallest absolute Gasteiger partial charge is 0.358 e. The highest BCUT2D eigenvalue weighted by molar-refractivity contribution is 6.30. The molecule has 6 nitrogen and oxygen atoms in total. The number of hydrogen-bond donors (Lipinski definition) is 0. The van der Waals surface area contributed by atoms with E-state index in [4.69, 9.17) is 26.1 Å². The van der Waals surface area contributed by atoms with E-state index in [0.717, 1.165) is 5.56 Å². The van der Waals surface area contributed by atoms with Crippen LogP contribution in [-0.2, 0) is 16.5 Å². The molecule has 1 saturated heterocycles. The molecule has 0 amide bonds. The summed E-state index contributed by atoms with van der Waals surface area (Å²) in [5.41, 5.74) is 1.36. The SMILES string of the molecule is CCOC(=O)c1c(N2CCOCC2)nc(-c2ccc(Cl)cc2)n1C. The van der Waals surface area contributed by atoms with E-state index in [-0.39, 0.29) is 5.97 Å². The molecular weight excluding hydrogens is 330 g/mol. The summed E-state index contributed by atoms with van der Waals surface area (Å²) >= 11 is 5.97. The van der Waals surface area contributed by atoms with Crippen molar-refractivity contribution in [1.82, 2.24) is 9.55 Å². The van der Waals surface area contributed by atoms with Crippen molar-refractivity contribution >= 4 is 23.4 Å². The molecule has 0 radical (unpaired) electrons. The number of imidazole rings is 1. The van der Waals surface area contributed by atoms with Crippen molar-refractivity contribution in [1.29, 1.82) is 0 Å². The summed E-state index contributed by atoms with van der Waals surface area (Å²) in [5.74, 6) is 0.981. The summed E-state index contributed by atoms with van der Waals surface area (Å²) in [6.45, 7) is 4.75. The van der Waals surface area contributed by atoms with Gasteiger partial charge in [0.15, 0.2) is 11.5 Å². The molecule has 1 fully saturated rings. The standard InChI is InChI=1S/C17H20ClN3O3/c1-3-24-17(22)14-16(21-8-10-23-11-9-21)19-15(20(14)2)12-4-6-13(18)7-5-12/h4-7H,3,8-11H2,1-2H3. The lowest BCUT2D eigenvalue weighted by Gasteiger charge is -2.27. The molecule has 2 aromatic rings. The molecule has 3 rings (SSSR count). The summed E-state index contributed by atoms with van der Waals surface area (Å²) < 4.78 is 12.4. The number of aromatic nitrogens is 2. The molecule has 0 bridgehead atoms. The molecule has 0 N–H and O–H groups in total. The third kappa shape index (κ3) is 3.25. The Morgan fingerprint density at radius 2 is 1.96 bits per heavy atom. The highest BCUT2D eigenvalue weighted by Gasteiger charge is 2.27. The Kier molecular flexibility index (Phi) is 5.06. The van der Waals surface area contributed by atoms with Gasteiger partial charge >= 0.3 is 5.97 Å². The predicted octanol–water partition coefficient (Wildman–Crippen LogP) is 2.75. The van der Waals surface area contributed by atoms with E-state index in [1.54, 1.807) is 11.5 Å². The minimum Gasteiger partial charge on any atom is -0.461 e. The number of benzene rings is 1. The molecule has 0 atom stereocenters. The van der Waals surface area contributed by atoms with Crippen LogP contribution < -0.4 is 4.90 Å². The van der Waals surface area contributed by atoms with Gasteiger partial charge in [-0.15, -0.1) is 0 Å². The number of anilines is 1. The second kappa shape index (κ2) is 7.23. The predicted molar refractivity (Wildman–Crippen MR) is 92.6 cm³/mol. The second-order valence-electron chi connectivity index (χ2n) is 5.49. The number of halogens is 1. The summed E-state index contributed by atoms with van der Waals surface area (Å²) in [7, 11) is 1.83. The zero-order chi connectivity index (χ0) is 17.1. The van der Waals surface area contributed by atoms with E-state index < -0.39 is 0 Å². The Bertz CT molecular complexity index is 721. The molecule has 1 aliphatic heterocycles. The highest BCUT2D eigenvalue weighted by atomic mass is 35.5. The van der Waals surface area contributed by atoms with E-state index in [9.17, 15) is 4.79 Å². The van der Waals surface area contributed by atoms with Crippen LogP contribution in [0.15, 0.2) is 24.3 Å². The zero-order valence-corrected chi connectivity index (χ0v) is 14.5. The minimum atomic E-state index is -0.366.